The van der Waals surface area contributed by atoms with Crippen LogP contribution in [0, 0.1) is 6.92 Å². The Kier molecular flexibility index (Phi) is 8.71. The molecule has 1 amide bonds. The highest BCUT2D eigenvalue weighted by Gasteiger charge is 2.08. The lowest BCUT2D eigenvalue weighted by Gasteiger charge is -2.11. The molecule has 8 nitrogen and oxygen atoms in total. The molecular formula is C20H24IN5O3. The Morgan fingerprint density at radius 1 is 1.07 bits per heavy atom. The van der Waals surface area contributed by atoms with E-state index in [1.54, 1.807) is 25.4 Å². The van der Waals surface area contributed by atoms with E-state index in [0.29, 0.717) is 31.5 Å². The van der Waals surface area contributed by atoms with Gasteiger partial charge in [-0.2, -0.15) is 0 Å². The zero-order valence-corrected chi connectivity index (χ0v) is 18.6. The Balaban J connectivity index is 0.00000300. The molecule has 0 fully saturated rings. The summed E-state index contributed by atoms with van der Waals surface area (Å²) in [7, 11) is 1.68. The summed E-state index contributed by atoms with van der Waals surface area (Å²) in [5, 5.41) is 9.04. The van der Waals surface area contributed by atoms with Gasteiger partial charge in [0, 0.05) is 25.7 Å². The molecule has 0 bridgehead atoms. The number of aliphatic imine (C=N–C) groups is 1. The SMILES string of the molecule is CN=C(NCCNC(=O)c1ccco1)NCc1coc(-c2ccc(C)cc2)n1.I. The van der Waals surface area contributed by atoms with E-state index in [2.05, 4.69) is 25.9 Å². The molecule has 2 heterocycles. The molecule has 0 aliphatic rings. The number of rotatable bonds is 7. The minimum absolute atomic E-state index is 0. The predicted octanol–water partition coefficient (Wildman–Crippen LogP) is 2.96. The van der Waals surface area contributed by atoms with E-state index in [0.717, 1.165) is 11.3 Å². The number of carbonyl (C=O) groups is 1. The summed E-state index contributed by atoms with van der Waals surface area (Å²) in [6, 6.07) is 11.3. The van der Waals surface area contributed by atoms with Crippen LogP contribution in [0.1, 0.15) is 21.8 Å². The number of nitrogens with one attached hydrogen (secondary N) is 3. The lowest BCUT2D eigenvalue weighted by Crippen LogP contribution is -2.41. The first-order chi connectivity index (χ1) is 13.7. The Morgan fingerprint density at radius 3 is 2.52 bits per heavy atom. The van der Waals surface area contributed by atoms with Gasteiger partial charge in [0.25, 0.3) is 5.91 Å². The van der Waals surface area contributed by atoms with Crippen molar-refractivity contribution < 1.29 is 13.6 Å². The number of hydrogen-bond donors (Lipinski definition) is 3. The van der Waals surface area contributed by atoms with Crippen molar-refractivity contribution in [2.75, 3.05) is 20.1 Å². The standard InChI is InChI=1S/C20H23N5O3.HI/c1-14-5-7-15(8-6-14)19-25-16(13-28-19)12-24-20(21-2)23-10-9-22-18(26)17-4-3-11-27-17;/h3-8,11,13H,9-10,12H2,1-2H3,(H,22,26)(H2,21,23,24);1H. The molecular weight excluding hydrogens is 485 g/mol. The monoisotopic (exact) mass is 509 g/mol. The van der Waals surface area contributed by atoms with Gasteiger partial charge in [0.2, 0.25) is 5.89 Å². The van der Waals surface area contributed by atoms with E-state index in [4.69, 9.17) is 8.83 Å². The second-order valence-electron chi connectivity index (χ2n) is 6.10. The van der Waals surface area contributed by atoms with Crippen molar-refractivity contribution in [2.45, 2.75) is 13.5 Å². The van der Waals surface area contributed by atoms with Crippen LogP contribution in [0.15, 0.2) is 62.8 Å². The predicted molar refractivity (Wildman–Crippen MR) is 121 cm³/mol. The molecule has 154 valence electrons. The van der Waals surface area contributed by atoms with Gasteiger partial charge in [-0.15, -0.1) is 24.0 Å². The number of hydrogen-bond acceptors (Lipinski definition) is 5. The van der Waals surface area contributed by atoms with Crippen LogP contribution in [0.5, 0.6) is 0 Å². The molecule has 0 atom stereocenters. The van der Waals surface area contributed by atoms with Gasteiger partial charge in [-0.25, -0.2) is 4.98 Å². The second kappa shape index (κ2) is 11.2. The van der Waals surface area contributed by atoms with E-state index in [-0.39, 0.29) is 35.6 Å². The molecule has 0 aliphatic heterocycles. The van der Waals surface area contributed by atoms with Crippen LogP contribution >= 0.6 is 24.0 Å². The fraction of sp³-hybridized carbons (Fsp3) is 0.250. The number of guanidine groups is 1. The van der Waals surface area contributed by atoms with Crippen LogP contribution in [0.3, 0.4) is 0 Å². The van der Waals surface area contributed by atoms with Crippen molar-refractivity contribution in [2.24, 2.45) is 4.99 Å². The van der Waals surface area contributed by atoms with E-state index in [1.807, 2.05) is 31.2 Å². The van der Waals surface area contributed by atoms with Gasteiger partial charge in [0.1, 0.15) is 6.26 Å². The average Bonchev–Trinajstić information content (AvgIpc) is 3.40. The first-order valence-corrected chi connectivity index (χ1v) is 8.93. The highest BCUT2D eigenvalue weighted by atomic mass is 127. The number of oxazole rings is 1. The van der Waals surface area contributed by atoms with Crippen molar-refractivity contribution in [3.05, 3.63) is 65.9 Å². The average molecular weight is 509 g/mol. The van der Waals surface area contributed by atoms with Crippen molar-refractivity contribution in [3.63, 3.8) is 0 Å². The summed E-state index contributed by atoms with van der Waals surface area (Å²) in [6.45, 7) is 3.45. The molecule has 0 aliphatic carbocycles. The van der Waals surface area contributed by atoms with Crippen molar-refractivity contribution in [1.29, 1.82) is 0 Å². The first kappa shape index (κ1) is 22.5. The van der Waals surface area contributed by atoms with Gasteiger partial charge in [0.05, 0.1) is 18.5 Å². The Labute approximate surface area is 186 Å². The lowest BCUT2D eigenvalue weighted by atomic mass is 10.1. The van der Waals surface area contributed by atoms with Crippen molar-refractivity contribution in [1.82, 2.24) is 20.9 Å². The van der Waals surface area contributed by atoms with Crippen molar-refractivity contribution in [3.8, 4) is 11.5 Å². The fourth-order valence-corrected chi connectivity index (χ4v) is 2.46. The molecule has 29 heavy (non-hydrogen) atoms. The lowest BCUT2D eigenvalue weighted by molar-refractivity contribution is 0.0926. The molecule has 3 aromatic rings. The third-order valence-corrected chi connectivity index (χ3v) is 3.96. The first-order valence-electron chi connectivity index (χ1n) is 8.93. The van der Waals surface area contributed by atoms with Gasteiger partial charge >= 0.3 is 0 Å². The van der Waals surface area contributed by atoms with Crippen LogP contribution < -0.4 is 16.0 Å². The largest absolute Gasteiger partial charge is 0.459 e. The number of benzene rings is 1. The minimum Gasteiger partial charge on any atom is -0.459 e. The summed E-state index contributed by atoms with van der Waals surface area (Å²) in [4.78, 5) is 20.4. The van der Waals surface area contributed by atoms with Crippen molar-refractivity contribution >= 4 is 35.8 Å². The Morgan fingerprint density at radius 2 is 1.83 bits per heavy atom. The van der Waals surface area contributed by atoms with E-state index >= 15 is 0 Å². The van der Waals surface area contributed by atoms with Gasteiger partial charge in [-0.3, -0.25) is 9.79 Å². The van der Waals surface area contributed by atoms with E-state index < -0.39 is 0 Å². The molecule has 3 rings (SSSR count). The Hall–Kier alpha value is -2.82. The number of amides is 1. The molecule has 1 aromatic carbocycles. The van der Waals surface area contributed by atoms with Crippen LogP contribution in [0.25, 0.3) is 11.5 Å². The molecule has 0 saturated carbocycles. The second-order valence-corrected chi connectivity index (χ2v) is 6.10. The summed E-state index contributed by atoms with van der Waals surface area (Å²) in [6.07, 6.45) is 3.09. The third kappa shape index (κ3) is 6.63. The van der Waals surface area contributed by atoms with Crippen LogP contribution in [-0.2, 0) is 6.54 Å². The smallest absolute Gasteiger partial charge is 0.287 e. The summed E-state index contributed by atoms with van der Waals surface area (Å²) in [5.41, 5.74) is 2.89. The number of halogens is 1. The summed E-state index contributed by atoms with van der Waals surface area (Å²) in [5.74, 6) is 1.23. The Bertz CT molecular complexity index is 920. The fourth-order valence-electron chi connectivity index (χ4n) is 2.46. The normalized spacial score (nSPS) is 10.9. The number of aryl methyl sites for hydroxylation is 1. The van der Waals surface area contributed by atoms with E-state index in [1.165, 1.54) is 11.8 Å². The zero-order valence-electron chi connectivity index (χ0n) is 16.3. The molecule has 2 aromatic heterocycles. The highest BCUT2D eigenvalue weighted by molar-refractivity contribution is 14.0. The minimum atomic E-state index is -0.249. The number of carbonyl (C=O) groups excluding carboxylic acids is 1. The zero-order chi connectivity index (χ0) is 19.8. The summed E-state index contributed by atoms with van der Waals surface area (Å²) >= 11 is 0. The van der Waals surface area contributed by atoms with Gasteiger partial charge in [0.15, 0.2) is 11.7 Å². The van der Waals surface area contributed by atoms with Gasteiger partial charge in [-0.05, 0) is 31.2 Å². The van der Waals surface area contributed by atoms with Gasteiger partial charge < -0.3 is 24.8 Å². The third-order valence-electron chi connectivity index (χ3n) is 3.96. The maximum Gasteiger partial charge on any atom is 0.287 e. The number of nitrogens with zero attached hydrogens (tertiary/aromatic N) is 2. The van der Waals surface area contributed by atoms with E-state index in [9.17, 15) is 4.79 Å². The molecule has 0 saturated heterocycles. The molecule has 3 N–H and O–H groups in total. The number of aromatic nitrogens is 1. The quantitative estimate of drug-likeness (QED) is 0.196. The number of furan rings is 1. The topological polar surface area (TPSA) is 105 Å². The molecule has 0 spiro atoms. The molecule has 9 heteroatoms. The van der Waals surface area contributed by atoms with Gasteiger partial charge in [-0.1, -0.05) is 17.7 Å². The molecule has 0 radical (unpaired) electrons. The van der Waals surface area contributed by atoms with Crippen LogP contribution in [0.2, 0.25) is 0 Å². The van der Waals surface area contributed by atoms with Crippen LogP contribution in [0.4, 0.5) is 0 Å². The maximum atomic E-state index is 11.8. The van der Waals surface area contributed by atoms with Crippen LogP contribution in [-0.4, -0.2) is 37.0 Å². The highest BCUT2D eigenvalue weighted by Crippen LogP contribution is 2.18. The summed E-state index contributed by atoms with van der Waals surface area (Å²) < 4.78 is 10.6. The molecule has 0 unspecified atom stereocenters. The maximum absolute atomic E-state index is 11.8.